The van der Waals surface area contributed by atoms with Gasteiger partial charge in [0.05, 0.1) is 12.2 Å². The van der Waals surface area contributed by atoms with Gasteiger partial charge in [-0.05, 0) is 71.3 Å². The lowest BCUT2D eigenvalue weighted by molar-refractivity contribution is -0.00576. The molecule has 0 aliphatic carbocycles. The van der Waals surface area contributed by atoms with E-state index in [2.05, 4.69) is 51.3 Å². The lowest BCUT2D eigenvalue weighted by Crippen LogP contribution is -2.37. The van der Waals surface area contributed by atoms with E-state index in [1.54, 1.807) is 0 Å². The first kappa shape index (κ1) is 20.2. The van der Waals surface area contributed by atoms with Gasteiger partial charge in [0.2, 0.25) is 0 Å². The van der Waals surface area contributed by atoms with Crippen LogP contribution in [0.1, 0.15) is 73.6 Å². The molecule has 3 heteroatoms. The molecule has 24 heavy (non-hydrogen) atoms. The van der Waals surface area contributed by atoms with Crippen LogP contribution < -0.4 is 0 Å². The Hall–Kier alpha value is -0.120. The molecule has 2 aliphatic rings. The van der Waals surface area contributed by atoms with E-state index < -0.39 is 0 Å². The minimum absolute atomic E-state index is 0.407. The third kappa shape index (κ3) is 6.00. The van der Waals surface area contributed by atoms with Crippen LogP contribution in [-0.4, -0.2) is 60.3 Å². The molecule has 142 valence electrons. The van der Waals surface area contributed by atoms with Gasteiger partial charge in [-0.25, -0.2) is 0 Å². The molecule has 0 amide bonds. The highest BCUT2D eigenvalue weighted by atomic mass is 16.5. The SMILES string of the molecule is CC(C)CN1CCCC1[C@H](C)CCC(C)OC1CCN(C(C)C)C1. The molecule has 3 unspecified atom stereocenters. The number of hydrogen-bond donors (Lipinski definition) is 0. The van der Waals surface area contributed by atoms with Crippen molar-refractivity contribution in [3.8, 4) is 0 Å². The molecule has 0 aromatic carbocycles. The van der Waals surface area contributed by atoms with Crippen LogP contribution in [0.2, 0.25) is 0 Å². The van der Waals surface area contributed by atoms with Crippen molar-refractivity contribution in [3.05, 3.63) is 0 Å². The van der Waals surface area contributed by atoms with Gasteiger partial charge in [-0.15, -0.1) is 0 Å². The van der Waals surface area contributed by atoms with Gasteiger partial charge in [0.25, 0.3) is 0 Å². The van der Waals surface area contributed by atoms with Crippen LogP contribution in [0.4, 0.5) is 0 Å². The van der Waals surface area contributed by atoms with E-state index in [1.165, 1.54) is 51.7 Å². The summed E-state index contributed by atoms with van der Waals surface area (Å²) in [5.41, 5.74) is 0. The van der Waals surface area contributed by atoms with E-state index in [0.717, 1.165) is 24.4 Å². The zero-order chi connectivity index (χ0) is 17.7. The first-order valence-electron chi connectivity index (χ1n) is 10.5. The smallest absolute Gasteiger partial charge is 0.0717 e. The fourth-order valence-electron chi connectivity index (χ4n) is 4.61. The Morgan fingerprint density at radius 2 is 1.71 bits per heavy atom. The molecule has 2 heterocycles. The molecule has 0 N–H and O–H groups in total. The summed E-state index contributed by atoms with van der Waals surface area (Å²) in [6.07, 6.45) is 7.39. The van der Waals surface area contributed by atoms with Crippen molar-refractivity contribution in [1.29, 1.82) is 0 Å². The lowest BCUT2D eigenvalue weighted by atomic mass is 9.93. The quantitative estimate of drug-likeness (QED) is 0.619. The van der Waals surface area contributed by atoms with Crippen LogP contribution in [0.5, 0.6) is 0 Å². The van der Waals surface area contributed by atoms with Crippen molar-refractivity contribution >= 4 is 0 Å². The van der Waals surface area contributed by atoms with Crippen molar-refractivity contribution in [3.63, 3.8) is 0 Å². The molecule has 2 aliphatic heterocycles. The van der Waals surface area contributed by atoms with Gasteiger partial charge < -0.3 is 4.74 Å². The normalized spacial score (nSPS) is 29.0. The van der Waals surface area contributed by atoms with E-state index in [4.69, 9.17) is 4.74 Å². The summed E-state index contributed by atoms with van der Waals surface area (Å²) in [6.45, 7) is 18.9. The van der Waals surface area contributed by atoms with Crippen LogP contribution in [-0.2, 0) is 4.74 Å². The fraction of sp³-hybridized carbons (Fsp3) is 1.00. The van der Waals surface area contributed by atoms with E-state index >= 15 is 0 Å². The van der Waals surface area contributed by atoms with Crippen LogP contribution in [0.25, 0.3) is 0 Å². The molecule has 0 aromatic rings. The van der Waals surface area contributed by atoms with Gasteiger partial charge in [-0.2, -0.15) is 0 Å². The number of hydrogen-bond acceptors (Lipinski definition) is 3. The minimum atomic E-state index is 0.407. The van der Waals surface area contributed by atoms with Crippen LogP contribution >= 0.6 is 0 Å². The van der Waals surface area contributed by atoms with E-state index in [9.17, 15) is 0 Å². The largest absolute Gasteiger partial charge is 0.374 e. The maximum Gasteiger partial charge on any atom is 0.0717 e. The Kier molecular flexibility index (Phi) is 8.03. The van der Waals surface area contributed by atoms with Crippen molar-refractivity contribution < 1.29 is 4.74 Å². The van der Waals surface area contributed by atoms with Crippen molar-refractivity contribution in [2.75, 3.05) is 26.2 Å². The van der Waals surface area contributed by atoms with Crippen LogP contribution in [0, 0.1) is 11.8 Å². The molecule has 2 saturated heterocycles. The van der Waals surface area contributed by atoms with Crippen molar-refractivity contribution in [2.45, 2.75) is 97.9 Å². The summed E-state index contributed by atoms with van der Waals surface area (Å²) in [5, 5.41) is 0. The summed E-state index contributed by atoms with van der Waals surface area (Å²) >= 11 is 0. The van der Waals surface area contributed by atoms with Crippen LogP contribution in [0.3, 0.4) is 0 Å². The average molecular weight is 339 g/mol. The molecule has 4 atom stereocenters. The first-order chi connectivity index (χ1) is 11.4. The van der Waals surface area contributed by atoms with Gasteiger partial charge in [0.1, 0.15) is 0 Å². The summed E-state index contributed by atoms with van der Waals surface area (Å²) in [7, 11) is 0. The zero-order valence-electron chi connectivity index (χ0n) is 17.1. The molecule has 0 aromatic heterocycles. The Bertz CT molecular complexity index is 358. The van der Waals surface area contributed by atoms with Gasteiger partial charge >= 0.3 is 0 Å². The number of ether oxygens (including phenoxy) is 1. The van der Waals surface area contributed by atoms with E-state index in [1.807, 2.05) is 0 Å². The van der Waals surface area contributed by atoms with Gasteiger partial charge in [-0.1, -0.05) is 20.8 Å². The Morgan fingerprint density at radius 1 is 0.958 bits per heavy atom. The average Bonchev–Trinajstić information content (AvgIpc) is 3.13. The molecule has 2 rings (SSSR count). The molecule has 0 radical (unpaired) electrons. The maximum atomic E-state index is 6.34. The molecular formula is C21H42N2O. The van der Waals surface area contributed by atoms with E-state index in [0.29, 0.717) is 18.2 Å². The van der Waals surface area contributed by atoms with Crippen LogP contribution in [0.15, 0.2) is 0 Å². The molecular weight excluding hydrogens is 296 g/mol. The lowest BCUT2D eigenvalue weighted by Gasteiger charge is -2.31. The third-order valence-electron chi connectivity index (χ3n) is 6.03. The zero-order valence-corrected chi connectivity index (χ0v) is 17.1. The maximum absolute atomic E-state index is 6.34. The molecule has 0 saturated carbocycles. The van der Waals surface area contributed by atoms with Gasteiger partial charge in [0.15, 0.2) is 0 Å². The fourth-order valence-corrected chi connectivity index (χ4v) is 4.61. The Balaban J connectivity index is 1.68. The predicted octanol–water partition coefficient (Wildman–Crippen LogP) is 4.41. The molecule has 0 spiro atoms. The summed E-state index contributed by atoms with van der Waals surface area (Å²) < 4.78 is 6.34. The number of nitrogens with zero attached hydrogens (tertiary/aromatic N) is 2. The second-order valence-electron chi connectivity index (χ2n) is 9.10. The third-order valence-corrected chi connectivity index (χ3v) is 6.03. The highest BCUT2D eigenvalue weighted by Gasteiger charge is 2.30. The topological polar surface area (TPSA) is 15.7 Å². The number of likely N-dealkylation sites (tertiary alicyclic amines) is 2. The van der Waals surface area contributed by atoms with E-state index in [-0.39, 0.29) is 0 Å². The standard InChI is InChI=1S/C21H42N2O/c1-16(2)14-23-12-7-8-21(23)18(5)9-10-19(6)24-20-11-13-22(15-20)17(3)4/h16-21H,7-15H2,1-6H3/t18-,19?,20?,21?/m1/s1. The summed E-state index contributed by atoms with van der Waals surface area (Å²) in [4.78, 5) is 5.29. The minimum Gasteiger partial charge on any atom is -0.374 e. The monoisotopic (exact) mass is 338 g/mol. The number of rotatable bonds is 9. The predicted molar refractivity (Wildman–Crippen MR) is 103 cm³/mol. The Morgan fingerprint density at radius 3 is 2.33 bits per heavy atom. The highest BCUT2D eigenvalue weighted by molar-refractivity contribution is 4.84. The van der Waals surface area contributed by atoms with Crippen molar-refractivity contribution in [1.82, 2.24) is 9.80 Å². The molecule has 3 nitrogen and oxygen atoms in total. The molecule has 2 fully saturated rings. The highest BCUT2D eigenvalue weighted by Crippen LogP contribution is 2.28. The summed E-state index contributed by atoms with van der Waals surface area (Å²) in [6, 6.07) is 1.46. The second-order valence-corrected chi connectivity index (χ2v) is 9.10. The summed E-state index contributed by atoms with van der Waals surface area (Å²) in [5.74, 6) is 1.58. The Labute approximate surface area is 151 Å². The van der Waals surface area contributed by atoms with Gasteiger partial charge in [-0.3, -0.25) is 9.80 Å². The second kappa shape index (κ2) is 9.54. The molecule has 0 bridgehead atoms. The first-order valence-corrected chi connectivity index (χ1v) is 10.5. The van der Waals surface area contributed by atoms with Gasteiger partial charge in [0, 0.05) is 31.7 Å². The van der Waals surface area contributed by atoms with Crippen molar-refractivity contribution in [2.24, 2.45) is 11.8 Å².